The second kappa shape index (κ2) is 6.71. The van der Waals surface area contributed by atoms with Crippen LogP contribution in [0.15, 0.2) is 23.1 Å². The number of hydrogen-bond donors (Lipinski definition) is 2. The zero-order chi connectivity index (χ0) is 15.3. The number of anilines is 1. The van der Waals surface area contributed by atoms with Gasteiger partial charge in [0.15, 0.2) is 9.84 Å². The highest BCUT2D eigenvalue weighted by atomic mass is 32.2. The Hall–Kier alpha value is -1.60. The Morgan fingerprint density at radius 2 is 2.05 bits per heavy atom. The first kappa shape index (κ1) is 16.5. The third-order valence-electron chi connectivity index (χ3n) is 2.82. The molecule has 0 aliphatic rings. The lowest BCUT2D eigenvalue weighted by molar-refractivity contribution is 0.0894. The number of sulfone groups is 1. The molecule has 1 rings (SSSR count). The van der Waals surface area contributed by atoms with Crippen LogP contribution >= 0.6 is 0 Å². The van der Waals surface area contributed by atoms with Gasteiger partial charge in [-0.3, -0.25) is 4.79 Å². The van der Waals surface area contributed by atoms with Crippen LogP contribution in [0.1, 0.15) is 23.7 Å². The maximum Gasteiger partial charge on any atom is 0.251 e. The molecule has 3 N–H and O–H groups in total. The molecule has 1 atom stereocenters. The molecular weight excluding hydrogens is 280 g/mol. The van der Waals surface area contributed by atoms with E-state index in [-0.39, 0.29) is 28.1 Å². The summed E-state index contributed by atoms with van der Waals surface area (Å²) >= 11 is 0. The molecular formula is C13H20N2O4S. The fraction of sp³-hybridized carbons (Fsp3) is 0.462. The maximum atomic E-state index is 12.1. The number of hydrogen-bond acceptors (Lipinski definition) is 5. The van der Waals surface area contributed by atoms with Crippen LogP contribution in [-0.4, -0.2) is 40.3 Å². The number of methoxy groups -OCH3 is 1. The molecule has 0 aliphatic heterocycles. The van der Waals surface area contributed by atoms with Crippen LogP contribution in [0, 0.1) is 0 Å². The van der Waals surface area contributed by atoms with Crippen molar-refractivity contribution in [3.05, 3.63) is 23.8 Å². The highest BCUT2D eigenvalue weighted by Gasteiger charge is 2.16. The highest BCUT2D eigenvalue weighted by Crippen LogP contribution is 2.17. The first-order valence-electron chi connectivity index (χ1n) is 6.18. The number of benzene rings is 1. The van der Waals surface area contributed by atoms with Gasteiger partial charge in [0.1, 0.15) is 0 Å². The fourth-order valence-electron chi connectivity index (χ4n) is 1.70. The third-order valence-corrected chi connectivity index (χ3v) is 3.91. The quantitative estimate of drug-likeness (QED) is 0.758. The summed E-state index contributed by atoms with van der Waals surface area (Å²) in [7, 11) is -1.86. The molecule has 0 aromatic heterocycles. The number of nitrogens with one attached hydrogen (secondary N) is 1. The van der Waals surface area contributed by atoms with Crippen molar-refractivity contribution in [1.82, 2.24) is 5.32 Å². The molecule has 20 heavy (non-hydrogen) atoms. The minimum absolute atomic E-state index is 0.0300. The van der Waals surface area contributed by atoms with E-state index in [1.54, 1.807) is 7.11 Å². The van der Waals surface area contributed by atoms with Gasteiger partial charge >= 0.3 is 0 Å². The van der Waals surface area contributed by atoms with Crippen LogP contribution in [0.3, 0.4) is 0 Å². The second-order valence-corrected chi connectivity index (χ2v) is 6.61. The van der Waals surface area contributed by atoms with E-state index in [0.717, 1.165) is 6.26 Å². The van der Waals surface area contributed by atoms with E-state index in [0.29, 0.717) is 13.0 Å². The van der Waals surface area contributed by atoms with Gasteiger partial charge in [-0.25, -0.2) is 8.42 Å². The van der Waals surface area contributed by atoms with Gasteiger partial charge in [-0.1, -0.05) is 6.92 Å². The second-order valence-electron chi connectivity index (χ2n) is 4.60. The van der Waals surface area contributed by atoms with Crippen molar-refractivity contribution in [2.24, 2.45) is 0 Å². The Morgan fingerprint density at radius 1 is 1.40 bits per heavy atom. The molecule has 1 unspecified atom stereocenters. The molecule has 1 amide bonds. The van der Waals surface area contributed by atoms with E-state index >= 15 is 0 Å². The zero-order valence-electron chi connectivity index (χ0n) is 11.8. The van der Waals surface area contributed by atoms with Gasteiger partial charge in [-0.2, -0.15) is 0 Å². The lowest BCUT2D eigenvalue weighted by atomic mass is 10.1. The van der Waals surface area contributed by atoms with E-state index in [1.165, 1.54) is 18.2 Å². The SMILES string of the molecule is CCC(COC)NC(=O)c1cc(N)cc(S(C)(=O)=O)c1. The van der Waals surface area contributed by atoms with Gasteiger partial charge in [0.2, 0.25) is 0 Å². The van der Waals surface area contributed by atoms with E-state index < -0.39 is 9.84 Å². The standard InChI is InChI=1S/C13H20N2O4S/c1-4-11(8-19-2)15-13(16)9-5-10(14)7-12(6-9)20(3,17)18/h5-7,11H,4,8,14H2,1-3H3,(H,15,16). The van der Waals surface area contributed by atoms with Crippen molar-refractivity contribution in [2.75, 3.05) is 25.7 Å². The summed E-state index contributed by atoms with van der Waals surface area (Å²) in [4.78, 5) is 12.1. The monoisotopic (exact) mass is 300 g/mol. The van der Waals surface area contributed by atoms with E-state index in [4.69, 9.17) is 10.5 Å². The molecule has 0 fully saturated rings. The Balaban J connectivity index is 3.02. The molecule has 0 aliphatic carbocycles. The number of amides is 1. The Morgan fingerprint density at radius 3 is 2.55 bits per heavy atom. The van der Waals surface area contributed by atoms with Crippen LogP contribution in [0.5, 0.6) is 0 Å². The van der Waals surface area contributed by atoms with Crippen molar-refractivity contribution in [3.8, 4) is 0 Å². The number of carbonyl (C=O) groups excluding carboxylic acids is 1. The van der Waals surface area contributed by atoms with Crippen LogP contribution in [0.25, 0.3) is 0 Å². The molecule has 112 valence electrons. The average Bonchev–Trinajstić information content (AvgIpc) is 2.36. The van der Waals surface area contributed by atoms with E-state index in [1.807, 2.05) is 6.92 Å². The Labute approximate surface area is 119 Å². The Bertz CT molecular complexity index is 584. The summed E-state index contributed by atoms with van der Waals surface area (Å²) in [6.45, 7) is 2.31. The fourth-order valence-corrected chi connectivity index (χ4v) is 2.39. The van der Waals surface area contributed by atoms with Crippen LogP contribution in [0.4, 0.5) is 5.69 Å². The first-order chi connectivity index (χ1) is 9.27. The number of carbonyl (C=O) groups is 1. The number of nitrogen functional groups attached to an aromatic ring is 1. The van der Waals surface area contributed by atoms with Crippen molar-refractivity contribution in [2.45, 2.75) is 24.3 Å². The Kier molecular flexibility index (Phi) is 5.52. The number of ether oxygens (including phenoxy) is 1. The largest absolute Gasteiger partial charge is 0.399 e. The zero-order valence-corrected chi connectivity index (χ0v) is 12.7. The maximum absolute atomic E-state index is 12.1. The van der Waals surface area contributed by atoms with Gasteiger partial charge in [-0.05, 0) is 24.6 Å². The minimum Gasteiger partial charge on any atom is -0.399 e. The van der Waals surface area contributed by atoms with Crippen LogP contribution in [0.2, 0.25) is 0 Å². The van der Waals surface area contributed by atoms with Crippen LogP contribution < -0.4 is 11.1 Å². The predicted octanol–water partition coefficient (Wildman–Crippen LogP) is 0.827. The predicted molar refractivity (Wildman–Crippen MR) is 77.4 cm³/mol. The summed E-state index contributed by atoms with van der Waals surface area (Å²) < 4.78 is 28.1. The van der Waals surface area contributed by atoms with Gasteiger partial charge in [0.25, 0.3) is 5.91 Å². The molecule has 0 spiro atoms. The molecule has 0 saturated carbocycles. The number of rotatable bonds is 6. The third kappa shape index (κ3) is 4.50. The summed E-state index contributed by atoms with van der Waals surface area (Å²) in [5.41, 5.74) is 6.10. The van der Waals surface area contributed by atoms with E-state index in [2.05, 4.69) is 5.32 Å². The number of nitrogens with two attached hydrogens (primary N) is 1. The van der Waals surface area contributed by atoms with Gasteiger partial charge in [0.05, 0.1) is 17.5 Å². The van der Waals surface area contributed by atoms with Gasteiger partial charge in [0, 0.05) is 24.6 Å². The van der Waals surface area contributed by atoms with Crippen molar-refractivity contribution < 1.29 is 17.9 Å². The highest BCUT2D eigenvalue weighted by molar-refractivity contribution is 7.90. The molecule has 1 aromatic carbocycles. The van der Waals surface area contributed by atoms with E-state index in [9.17, 15) is 13.2 Å². The van der Waals surface area contributed by atoms with Crippen LogP contribution in [-0.2, 0) is 14.6 Å². The molecule has 0 heterocycles. The lowest BCUT2D eigenvalue weighted by Gasteiger charge is -2.16. The topological polar surface area (TPSA) is 98.5 Å². The minimum atomic E-state index is -3.41. The summed E-state index contributed by atoms with van der Waals surface area (Å²) in [5.74, 6) is -0.369. The molecule has 1 aromatic rings. The van der Waals surface area contributed by atoms with Gasteiger partial charge < -0.3 is 15.8 Å². The summed E-state index contributed by atoms with van der Waals surface area (Å²) in [5, 5.41) is 2.78. The normalized spacial score (nSPS) is 12.9. The smallest absolute Gasteiger partial charge is 0.251 e. The van der Waals surface area contributed by atoms with Crippen molar-refractivity contribution in [3.63, 3.8) is 0 Å². The van der Waals surface area contributed by atoms with Gasteiger partial charge in [-0.15, -0.1) is 0 Å². The molecule has 0 bridgehead atoms. The lowest BCUT2D eigenvalue weighted by Crippen LogP contribution is -2.37. The molecule has 0 radical (unpaired) electrons. The molecule has 6 nitrogen and oxygen atoms in total. The molecule has 0 saturated heterocycles. The first-order valence-corrected chi connectivity index (χ1v) is 8.07. The average molecular weight is 300 g/mol. The summed E-state index contributed by atoms with van der Waals surface area (Å²) in [6.07, 6.45) is 1.78. The van der Waals surface area contributed by atoms with Crippen molar-refractivity contribution in [1.29, 1.82) is 0 Å². The molecule has 7 heteroatoms. The van der Waals surface area contributed by atoms with Crippen molar-refractivity contribution >= 4 is 21.4 Å². The summed E-state index contributed by atoms with van der Waals surface area (Å²) in [6, 6.07) is 3.97.